The van der Waals surface area contributed by atoms with Crippen molar-refractivity contribution in [1.82, 2.24) is 14.9 Å². The molecule has 0 radical (unpaired) electrons. The number of hydrogen-bond donors (Lipinski definition) is 1. The molecule has 6 nitrogen and oxygen atoms in total. The number of aromatic nitrogens is 2. The molecule has 1 aromatic carbocycles. The van der Waals surface area contributed by atoms with Crippen LogP contribution in [0.2, 0.25) is 5.02 Å². The highest BCUT2D eigenvalue weighted by atomic mass is 35.5. The van der Waals surface area contributed by atoms with E-state index < -0.39 is 0 Å². The van der Waals surface area contributed by atoms with Gasteiger partial charge in [0.05, 0.1) is 11.6 Å². The van der Waals surface area contributed by atoms with Crippen molar-refractivity contribution in [2.75, 3.05) is 31.6 Å². The van der Waals surface area contributed by atoms with E-state index in [1.807, 2.05) is 11.8 Å². The summed E-state index contributed by atoms with van der Waals surface area (Å²) < 4.78 is 19.5. The van der Waals surface area contributed by atoms with Crippen molar-refractivity contribution in [3.63, 3.8) is 0 Å². The van der Waals surface area contributed by atoms with E-state index in [1.165, 1.54) is 18.5 Å². The summed E-state index contributed by atoms with van der Waals surface area (Å²) in [6.07, 6.45) is 6.09. The third-order valence-corrected chi connectivity index (χ3v) is 6.19. The molecule has 0 aliphatic carbocycles. The molecule has 2 saturated heterocycles. The van der Waals surface area contributed by atoms with Gasteiger partial charge in [0.1, 0.15) is 5.82 Å². The topological polar surface area (TPSA) is 67.4 Å². The molecule has 4 rings (SSSR count). The molecule has 1 aromatic heterocycles. The normalized spacial score (nSPS) is 19.3. The summed E-state index contributed by atoms with van der Waals surface area (Å²) in [5.74, 6) is -0.0946. The number of halogens is 2. The number of nitrogens with one attached hydrogen (secondary N) is 1. The third kappa shape index (κ3) is 4.36. The fourth-order valence-electron chi connectivity index (χ4n) is 4.14. The van der Waals surface area contributed by atoms with Crippen LogP contribution in [0.15, 0.2) is 30.6 Å². The molecule has 1 unspecified atom stereocenters. The van der Waals surface area contributed by atoms with E-state index in [2.05, 4.69) is 15.3 Å². The zero-order chi connectivity index (χ0) is 20.4. The van der Waals surface area contributed by atoms with Gasteiger partial charge in [-0.05, 0) is 43.7 Å². The van der Waals surface area contributed by atoms with Crippen LogP contribution in [0.4, 0.5) is 10.3 Å². The fraction of sp³-hybridized carbons (Fsp3) is 0.476. The maximum atomic E-state index is 14.1. The number of carbonyl (C=O) groups is 1. The standard InChI is InChI=1S/C21H24ClFN4O2/c1-14(17-3-2-16(22)10-18(17)23)26-20-24-11-15(12-25-20)19(28)27-7-4-21(13-27)5-8-29-9-6-21/h2-3,10-12,14H,4-9,13H2,1H3,(H,24,25,26). The number of carbonyl (C=O) groups excluding carboxylic acids is 1. The number of ether oxygens (including phenoxy) is 1. The molecule has 8 heteroatoms. The summed E-state index contributed by atoms with van der Waals surface area (Å²) in [7, 11) is 0. The lowest BCUT2D eigenvalue weighted by Gasteiger charge is -2.33. The van der Waals surface area contributed by atoms with Crippen molar-refractivity contribution in [3.05, 3.63) is 52.6 Å². The van der Waals surface area contributed by atoms with Gasteiger partial charge in [-0.1, -0.05) is 17.7 Å². The average Bonchev–Trinajstić information content (AvgIpc) is 3.11. The van der Waals surface area contributed by atoms with Crippen LogP contribution >= 0.6 is 11.6 Å². The Kier molecular flexibility index (Phi) is 5.69. The number of rotatable bonds is 4. The van der Waals surface area contributed by atoms with E-state index in [0.29, 0.717) is 22.1 Å². The van der Waals surface area contributed by atoms with Gasteiger partial charge in [-0.2, -0.15) is 0 Å². The Labute approximate surface area is 174 Å². The number of benzene rings is 1. The monoisotopic (exact) mass is 418 g/mol. The lowest BCUT2D eigenvalue weighted by molar-refractivity contribution is 0.0191. The van der Waals surface area contributed by atoms with Gasteiger partial charge in [0.2, 0.25) is 5.95 Å². The molecule has 1 N–H and O–H groups in total. The Morgan fingerprint density at radius 3 is 2.69 bits per heavy atom. The Balaban J connectivity index is 1.39. The SMILES string of the molecule is CC(Nc1ncc(C(=O)N2CCC3(CCOCC3)C2)cn1)c1ccc(Cl)cc1F. The van der Waals surface area contributed by atoms with Crippen molar-refractivity contribution >= 4 is 23.5 Å². The van der Waals surface area contributed by atoms with E-state index in [-0.39, 0.29) is 23.2 Å². The number of nitrogens with zero attached hydrogens (tertiary/aromatic N) is 3. The third-order valence-electron chi connectivity index (χ3n) is 5.95. The molecule has 1 atom stereocenters. The van der Waals surface area contributed by atoms with E-state index in [9.17, 15) is 9.18 Å². The number of likely N-dealkylation sites (tertiary alicyclic amines) is 1. The van der Waals surface area contributed by atoms with Gasteiger partial charge < -0.3 is 15.0 Å². The number of amides is 1. The smallest absolute Gasteiger partial charge is 0.257 e. The van der Waals surface area contributed by atoms with Gasteiger partial charge in [0.25, 0.3) is 5.91 Å². The molecule has 1 spiro atoms. The largest absolute Gasteiger partial charge is 0.381 e. The molecular formula is C21H24ClFN4O2. The zero-order valence-electron chi connectivity index (χ0n) is 16.3. The van der Waals surface area contributed by atoms with Crippen molar-refractivity contribution < 1.29 is 13.9 Å². The molecule has 2 aliphatic rings. The highest BCUT2D eigenvalue weighted by Gasteiger charge is 2.41. The van der Waals surface area contributed by atoms with Crippen LogP contribution in [0.25, 0.3) is 0 Å². The van der Waals surface area contributed by atoms with Crippen LogP contribution < -0.4 is 5.32 Å². The first-order valence-corrected chi connectivity index (χ1v) is 10.2. The molecular weight excluding hydrogens is 395 g/mol. The Hall–Kier alpha value is -2.25. The maximum Gasteiger partial charge on any atom is 0.257 e. The Morgan fingerprint density at radius 1 is 1.28 bits per heavy atom. The minimum atomic E-state index is -0.389. The van der Waals surface area contributed by atoms with Crippen LogP contribution in [-0.2, 0) is 4.74 Å². The summed E-state index contributed by atoms with van der Waals surface area (Å²) in [6.45, 7) is 4.88. The van der Waals surface area contributed by atoms with Gasteiger partial charge in [-0.3, -0.25) is 4.79 Å². The Morgan fingerprint density at radius 2 is 2.00 bits per heavy atom. The Bertz CT molecular complexity index is 887. The molecule has 3 heterocycles. The molecule has 2 aliphatic heterocycles. The van der Waals surface area contributed by atoms with Gasteiger partial charge in [-0.25, -0.2) is 14.4 Å². The lowest BCUT2D eigenvalue weighted by atomic mass is 9.80. The predicted molar refractivity (Wildman–Crippen MR) is 108 cm³/mol. The van der Waals surface area contributed by atoms with Crippen LogP contribution in [-0.4, -0.2) is 47.1 Å². The first-order chi connectivity index (χ1) is 14.0. The number of anilines is 1. The highest BCUT2D eigenvalue weighted by molar-refractivity contribution is 6.30. The quantitative estimate of drug-likeness (QED) is 0.810. The second-order valence-corrected chi connectivity index (χ2v) is 8.35. The molecule has 29 heavy (non-hydrogen) atoms. The summed E-state index contributed by atoms with van der Waals surface area (Å²) in [5.41, 5.74) is 1.14. The predicted octanol–water partition coefficient (Wildman–Crippen LogP) is 4.08. The second kappa shape index (κ2) is 8.24. The first kappa shape index (κ1) is 20.0. The van der Waals surface area contributed by atoms with Gasteiger partial charge >= 0.3 is 0 Å². The zero-order valence-corrected chi connectivity index (χ0v) is 17.1. The summed E-state index contributed by atoms with van der Waals surface area (Å²) in [6, 6.07) is 4.20. The van der Waals surface area contributed by atoms with Crippen molar-refractivity contribution in [1.29, 1.82) is 0 Å². The van der Waals surface area contributed by atoms with Crippen LogP contribution in [0.3, 0.4) is 0 Å². The summed E-state index contributed by atoms with van der Waals surface area (Å²) >= 11 is 5.80. The first-order valence-electron chi connectivity index (χ1n) is 9.86. The molecule has 2 fully saturated rings. The van der Waals surface area contributed by atoms with Gasteiger partial charge in [0, 0.05) is 49.3 Å². The molecule has 0 saturated carbocycles. The summed E-state index contributed by atoms with van der Waals surface area (Å²) in [4.78, 5) is 23.2. The van der Waals surface area contributed by atoms with Crippen molar-refractivity contribution in [3.8, 4) is 0 Å². The lowest BCUT2D eigenvalue weighted by Crippen LogP contribution is -2.35. The van der Waals surface area contributed by atoms with Crippen LogP contribution in [0.1, 0.15) is 48.1 Å². The van der Waals surface area contributed by atoms with Crippen LogP contribution in [0, 0.1) is 11.2 Å². The van der Waals surface area contributed by atoms with Gasteiger partial charge in [0.15, 0.2) is 0 Å². The van der Waals surface area contributed by atoms with Crippen molar-refractivity contribution in [2.24, 2.45) is 5.41 Å². The maximum absolute atomic E-state index is 14.1. The number of hydrogen-bond acceptors (Lipinski definition) is 5. The fourth-order valence-corrected chi connectivity index (χ4v) is 4.30. The van der Waals surface area contributed by atoms with E-state index in [4.69, 9.17) is 16.3 Å². The second-order valence-electron chi connectivity index (χ2n) is 7.92. The minimum absolute atomic E-state index is 0.0447. The van der Waals surface area contributed by atoms with E-state index in [1.54, 1.807) is 12.1 Å². The minimum Gasteiger partial charge on any atom is -0.381 e. The molecule has 154 valence electrons. The van der Waals surface area contributed by atoms with Gasteiger partial charge in [-0.15, -0.1) is 0 Å². The van der Waals surface area contributed by atoms with E-state index >= 15 is 0 Å². The average molecular weight is 419 g/mol. The van der Waals surface area contributed by atoms with E-state index in [0.717, 1.165) is 45.6 Å². The molecule has 2 aromatic rings. The van der Waals surface area contributed by atoms with Crippen LogP contribution in [0.5, 0.6) is 0 Å². The molecule has 0 bridgehead atoms. The highest BCUT2D eigenvalue weighted by Crippen LogP contribution is 2.40. The molecule has 1 amide bonds. The van der Waals surface area contributed by atoms with Crippen molar-refractivity contribution in [2.45, 2.75) is 32.2 Å². The summed E-state index contributed by atoms with van der Waals surface area (Å²) in [5, 5.41) is 3.41.